The zero-order chi connectivity index (χ0) is 12.8. The van der Waals surface area contributed by atoms with Crippen molar-refractivity contribution in [3.05, 3.63) is 59.9 Å². The molecule has 0 aliphatic carbocycles. The van der Waals surface area contributed by atoms with Crippen LogP contribution in [0.1, 0.15) is 18.1 Å². The van der Waals surface area contributed by atoms with Gasteiger partial charge in [0.2, 0.25) is 0 Å². The molecular weight excluding hydrogens is 224 g/mol. The molecule has 0 spiro atoms. The highest BCUT2D eigenvalue weighted by Crippen LogP contribution is 2.20. The van der Waals surface area contributed by atoms with Gasteiger partial charge in [-0.1, -0.05) is 24.3 Å². The Morgan fingerprint density at radius 1 is 1.22 bits per heavy atom. The fourth-order valence-electron chi connectivity index (χ4n) is 1.80. The van der Waals surface area contributed by atoms with Crippen LogP contribution in [0, 0.1) is 0 Å². The number of rotatable bonds is 5. The number of ether oxygens (including phenoxy) is 1. The van der Waals surface area contributed by atoms with Crippen molar-refractivity contribution in [3.63, 3.8) is 0 Å². The minimum atomic E-state index is 0.133. The molecule has 0 aliphatic heterocycles. The molecule has 0 bridgehead atoms. The van der Waals surface area contributed by atoms with Gasteiger partial charge in [0.25, 0.3) is 0 Å². The minimum Gasteiger partial charge on any atom is -0.489 e. The Labute approximate surface area is 108 Å². The van der Waals surface area contributed by atoms with Crippen LogP contribution in [0.25, 0.3) is 0 Å². The number of aromatic nitrogens is 1. The first-order chi connectivity index (χ1) is 8.75. The molecule has 1 atom stereocenters. The van der Waals surface area contributed by atoms with Crippen molar-refractivity contribution in [2.75, 3.05) is 0 Å². The van der Waals surface area contributed by atoms with E-state index in [9.17, 15) is 0 Å². The summed E-state index contributed by atoms with van der Waals surface area (Å²) in [6.07, 6.45) is 4.39. The average Bonchev–Trinajstić information content (AvgIpc) is 2.38. The maximum absolute atomic E-state index is 5.84. The summed E-state index contributed by atoms with van der Waals surface area (Å²) < 4.78 is 5.83. The van der Waals surface area contributed by atoms with E-state index in [1.807, 2.05) is 43.5 Å². The molecule has 1 aromatic carbocycles. The molecule has 94 valence electrons. The Morgan fingerprint density at radius 2 is 2.06 bits per heavy atom. The third-order valence-electron chi connectivity index (χ3n) is 2.63. The Balaban J connectivity index is 2.05. The van der Waals surface area contributed by atoms with Crippen LogP contribution in [0.2, 0.25) is 0 Å². The lowest BCUT2D eigenvalue weighted by molar-refractivity contribution is 0.302. The quantitative estimate of drug-likeness (QED) is 0.876. The first kappa shape index (κ1) is 12.6. The highest BCUT2D eigenvalue weighted by molar-refractivity contribution is 5.34. The summed E-state index contributed by atoms with van der Waals surface area (Å²) in [7, 11) is 0. The van der Waals surface area contributed by atoms with Crippen molar-refractivity contribution >= 4 is 0 Å². The summed E-state index contributed by atoms with van der Waals surface area (Å²) in [5.41, 5.74) is 8.05. The van der Waals surface area contributed by atoms with Crippen LogP contribution in [-0.2, 0) is 13.0 Å². The largest absolute Gasteiger partial charge is 0.489 e. The molecule has 2 aromatic rings. The fraction of sp³-hybridized carbons (Fsp3) is 0.267. The lowest BCUT2D eigenvalue weighted by Crippen LogP contribution is -2.18. The van der Waals surface area contributed by atoms with Gasteiger partial charge in [-0.05, 0) is 31.0 Å². The topological polar surface area (TPSA) is 48.1 Å². The van der Waals surface area contributed by atoms with Crippen molar-refractivity contribution in [1.82, 2.24) is 4.98 Å². The first-order valence-corrected chi connectivity index (χ1v) is 6.11. The number of hydrogen-bond acceptors (Lipinski definition) is 3. The molecule has 1 unspecified atom stereocenters. The smallest absolute Gasteiger partial charge is 0.123 e. The Morgan fingerprint density at radius 3 is 2.78 bits per heavy atom. The molecule has 0 aliphatic rings. The molecule has 2 N–H and O–H groups in total. The molecule has 1 heterocycles. The second kappa shape index (κ2) is 6.17. The number of nitrogens with two attached hydrogens (primary N) is 1. The van der Waals surface area contributed by atoms with E-state index in [1.165, 1.54) is 0 Å². The number of hydrogen-bond donors (Lipinski definition) is 1. The average molecular weight is 242 g/mol. The van der Waals surface area contributed by atoms with Crippen LogP contribution >= 0.6 is 0 Å². The van der Waals surface area contributed by atoms with Crippen LogP contribution in [0.4, 0.5) is 0 Å². The van der Waals surface area contributed by atoms with E-state index in [2.05, 4.69) is 11.1 Å². The lowest BCUT2D eigenvalue weighted by Gasteiger charge is -2.12. The van der Waals surface area contributed by atoms with Crippen LogP contribution < -0.4 is 10.5 Å². The minimum absolute atomic E-state index is 0.133. The van der Waals surface area contributed by atoms with Gasteiger partial charge >= 0.3 is 0 Å². The summed E-state index contributed by atoms with van der Waals surface area (Å²) >= 11 is 0. The van der Waals surface area contributed by atoms with E-state index in [-0.39, 0.29) is 6.04 Å². The standard InChI is InChI=1S/C15H18N2O/c1-12(16)9-14-6-2-3-7-15(14)18-11-13-5-4-8-17-10-13/h2-8,10,12H,9,11,16H2,1H3. The highest BCUT2D eigenvalue weighted by Gasteiger charge is 2.05. The zero-order valence-corrected chi connectivity index (χ0v) is 10.5. The van der Waals surface area contributed by atoms with E-state index in [0.717, 1.165) is 23.3 Å². The normalized spacial score (nSPS) is 12.1. The van der Waals surface area contributed by atoms with Crippen molar-refractivity contribution in [3.8, 4) is 5.75 Å². The van der Waals surface area contributed by atoms with Crippen LogP contribution in [0.3, 0.4) is 0 Å². The molecule has 0 radical (unpaired) electrons. The van der Waals surface area contributed by atoms with Gasteiger partial charge in [0.1, 0.15) is 12.4 Å². The van der Waals surface area contributed by atoms with E-state index in [0.29, 0.717) is 6.61 Å². The number of para-hydroxylation sites is 1. The van der Waals surface area contributed by atoms with Gasteiger partial charge in [-0.2, -0.15) is 0 Å². The summed E-state index contributed by atoms with van der Waals surface area (Å²) in [6, 6.07) is 12.1. The predicted octanol–water partition coefficient (Wildman–Crippen LogP) is 2.55. The molecular formula is C15H18N2O. The summed E-state index contributed by atoms with van der Waals surface area (Å²) in [6.45, 7) is 2.53. The van der Waals surface area contributed by atoms with Crippen LogP contribution in [0.5, 0.6) is 5.75 Å². The van der Waals surface area contributed by atoms with Crippen LogP contribution in [-0.4, -0.2) is 11.0 Å². The summed E-state index contributed by atoms with van der Waals surface area (Å²) in [4.78, 5) is 4.07. The molecule has 2 rings (SSSR count). The lowest BCUT2D eigenvalue weighted by atomic mass is 10.1. The molecule has 1 aromatic heterocycles. The van der Waals surface area contributed by atoms with Gasteiger partial charge < -0.3 is 10.5 Å². The number of benzene rings is 1. The Bertz CT molecular complexity index is 483. The molecule has 3 heteroatoms. The molecule has 0 fully saturated rings. The van der Waals surface area contributed by atoms with Gasteiger partial charge in [0, 0.05) is 24.0 Å². The van der Waals surface area contributed by atoms with Crippen molar-refractivity contribution in [2.24, 2.45) is 5.73 Å². The SMILES string of the molecule is CC(N)Cc1ccccc1OCc1cccnc1. The van der Waals surface area contributed by atoms with E-state index >= 15 is 0 Å². The number of pyridine rings is 1. The van der Waals surface area contributed by atoms with E-state index in [4.69, 9.17) is 10.5 Å². The molecule has 3 nitrogen and oxygen atoms in total. The van der Waals surface area contributed by atoms with Gasteiger partial charge in [-0.3, -0.25) is 4.98 Å². The molecule has 18 heavy (non-hydrogen) atoms. The Kier molecular flexibility index (Phi) is 4.31. The summed E-state index contributed by atoms with van der Waals surface area (Å²) in [5.74, 6) is 0.902. The second-order valence-electron chi connectivity index (χ2n) is 4.44. The van der Waals surface area contributed by atoms with Gasteiger partial charge in [0.15, 0.2) is 0 Å². The summed E-state index contributed by atoms with van der Waals surface area (Å²) in [5, 5.41) is 0. The zero-order valence-electron chi connectivity index (χ0n) is 10.5. The number of nitrogens with zero attached hydrogens (tertiary/aromatic N) is 1. The van der Waals surface area contributed by atoms with Gasteiger partial charge in [-0.25, -0.2) is 0 Å². The van der Waals surface area contributed by atoms with Crippen molar-refractivity contribution in [1.29, 1.82) is 0 Å². The Hall–Kier alpha value is -1.87. The van der Waals surface area contributed by atoms with Gasteiger partial charge in [0.05, 0.1) is 0 Å². The second-order valence-corrected chi connectivity index (χ2v) is 4.44. The highest BCUT2D eigenvalue weighted by atomic mass is 16.5. The third-order valence-corrected chi connectivity index (χ3v) is 2.63. The molecule has 0 amide bonds. The maximum atomic E-state index is 5.84. The first-order valence-electron chi connectivity index (χ1n) is 6.11. The fourth-order valence-corrected chi connectivity index (χ4v) is 1.80. The molecule has 0 saturated heterocycles. The third kappa shape index (κ3) is 3.57. The van der Waals surface area contributed by atoms with Crippen molar-refractivity contribution < 1.29 is 4.74 Å². The maximum Gasteiger partial charge on any atom is 0.123 e. The predicted molar refractivity (Wildman–Crippen MR) is 72.4 cm³/mol. The van der Waals surface area contributed by atoms with E-state index < -0.39 is 0 Å². The van der Waals surface area contributed by atoms with Crippen molar-refractivity contribution in [2.45, 2.75) is 26.0 Å². The molecule has 0 saturated carbocycles. The van der Waals surface area contributed by atoms with Crippen LogP contribution in [0.15, 0.2) is 48.8 Å². The van der Waals surface area contributed by atoms with E-state index in [1.54, 1.807) is 6.20 Å². The van der Waals surface area contributed by atoms with Gasteiger partial charge in [-0.15, -0.1) is 0 Å². The monoisotopic (exact) mass is 242 g/mol.